The first-order valence-corrected chi connectivity index (χ1v) is 6.59. The first-order valence-electron chi connectivity index (χ1n) is 5.77. The van der Waals surface area contributed by atoms with Gasteiger partial charge in [0, 0.05) is 7.05 Å². The Morgan fingerprint density at radius 1 is 1.30 bits per heavy atom. The van der Waals surface area contributed by atoms with E-state index in [-0.39, 0.29) is 17.7 Å². The molecule has 0 fully saturated rings. The zero-order valence-corrected chi connectivity index (χ0v) is 12.0. The van der Waals surface area contributed by atoms with Crippen LogP contribution in [0.1, 0.15) is 22.2 Å². The molecule has 0 saturated carbocycles. The summed E-state index contributed by atoms with van der Waals surface area (Å²) in [4.78, 5) is 47.6. The summed E-state index contributed by atoms with van der Waals surface area (Å²) in [5, 5.41) is 0.281. The van der Waals surface area contributed by atoms with Gasteiger partial charge >= 0.3 is 5.69 Å². The fourth-order valence-corrected chi connectivity index (χ4v) is 3.28. The molecule has 2 N–H and O–H groups in total. The lowest BCUT2D eigenvalue weighted by atomic mass is 10.2. The molecule has 1 amide bonds. The number of carbonyl (C=O) groups excluding carboxylic acids is 2. The Balaban J connectivity index is 3.03. The van der Waals surface area contributed by atoms with Gasteiger partial charge in [-0.2, -0.15) is 0 Å². The van der Waals surface area contributed by atoms with Crippen LogP contribution in [-0.2, 0) is 18.4 Å². The van der Waals surface area contributed by atoms with Crippen molar-refractivity contribution in [1.29, 1.82) is 0 Å². The molecule has 0 aliphatic rings. The molecular formula is C12H13N3O4S. The van der Waals surface area contributed by atoms with E-state index < -0.39 is 17.2 Å². The fraction of sp³-hybridized carbons (Fsp3) is 0.333. The number of rotatable bonds is 3. The van der Waals surface area contributed by atoms with Gasteiger partial charge in [-0.1, -0.05) is 0 Å². The number of hydrogen-bond acceptors (Lipinski definition) is 5. The molecule has 0 unspecified atom stereocenters. The number of Topliss-reactive ketones (excluding diaryl/α,β-unsaturated/α-hetero) is 1. The highest BCUT2D eigenvalue weighted by molar-refractivity contribution is 7.20. The van der Waals surface area contributed by atoms with Gasteiger partial charge in [-0.25, -0.2) is 4.79 Å². The molecule has 106 valence electrons. The van der Waals surface area contributed by atoms with E-state index in [9.17, 15) is 19.2 Å². The Hall–Kier alpha value is -2.22. The molecule has 2 heterocycles. The number of nitrogens with two attached hydrogens (primary N) is 1. The smallest absolute Gasteiger partial charge is 0.332 e. The average Bonchev–Trinajstić information content (AvgIpc) is 2.69. The Bertz CT molecular complexity index is 856. The van der Waals surface area contributed by atoms with E-state index >= 15 is 0 Å². The molecule has 8 heteroatoms. The maximum atomic E-state index is 12.2. The standard InChI is InChI=1S/C12H13N3O4S/c1-5-8-10(18)14(3)12(19)15(4-7(13)17)11(8)20-9(5)6(2)16/h4H2,1-3H3,(H2,13,17). The maximum Gasteiger partial charge on any atom is 0.332 e. The number of fused-ring (bicyclic) bond motifs is 1. The third-order valence-electron chi connectivity index (χ3n) is 3.04. The summed E-state index contributed by atoms with van der Waals surface area (Å²) < 4.78 is 2.04. The molecule has 0 radical (unpaired) electrons. The van der Waals surface area contributed by atoms with Crippen molar-refractivity contribution in [3.63, 3.8) is 0 Å². The largest absolute Gasteiger partial charge is 0.368 e. The van der Waals surface area contributed by atoms with Crippen molar-refractivity contribution in [2.75, 3.05) is 0 Å². The molecule has 0 aromatic carbocycles. The molecule has 0 aliphatic carbocycles. The van der Waals surface area contributed by atoms with Crippen molar-refractivity contribution in [2.24, 2.45) is 12.8 Å². The summed E-state index contributed by atoms with van der Waals surface area (Å²) in [5.74, 6) is -0.883. The molecule has 0 aliphatic heterocycles. The highest BCUT2D eigenvalue weighted by atomic mass is 32.1. The number of nitrogens with zero attached hydrogens (tertiary/aromatic N) is 2. The molecular weight excluding hydrogens is 282 g/mol. The van der Waals surface area contributed by atoms with Crippen LogP contribution < -0.4 is 17.0 Å². The Labute approximate surface area is 117 Å². The van der Waals surface area contributed by atoms with Crippen molar-refractivity contribution >= 4 is 33.2 Å². The van der Waals surface area contributed by atoms with Gasteiger partial charge in [-0.3, -0.25) is 23.5 Å². The average molecular weight is 295 g/mol. The minimum absolute atomic E-state index is 0.191. The number of hydrogen-bond donors (Lipinski definition) is 1. The number of ketones is 1. The van der Waals surface area contributed by atoms with Crippen LogP contribution in [0.15, 0.2) is 9.59 Å². The minimum atomic E-state index is -0.692. The molecule has 7 nitrogen and oxygen atoms in total. The van der Waals surface area contributed by atoms with Crippen molar-refractivity contribution in [3.8, 4) is 0 Å². The number of carbonyl (C=O) groups is 2. The summed E-state index contributed by atoms with van der Waals surface area (Å²) in [7, 11) is 1.33. The van der Waals surface area contributed by atoms with E-state index in [1.807, 2.05) is 0 Å². The van der Waals surface area contributed by atoms with Gasteiger partial charge in [-0.15, -0.1) is 11.3 Å². The number of thiophene rings is 1. The monoisotopic (exact) mass is 295 g/mol. The summed E-state index contributed by atoms with van der Waals surface area (Å²) in [6.45, 7) is 2.70. The van der Waals surface area contributed by atoms with E-state index in [4.69, 9.17) is 5.73 Å². The molecule has 20 heavy (non-hydrogen) atoms. The van der Waals surface area contributed by atoms with Crippen LogP contribution >= 0.6 is 11.3 Å². The van der Waals surface area contributed by atoms with Gasteiger partial charge in [-0.05, 0) is 19.4 Å². The van der Waals surface area contributed by atoms with Crippen LogP contribution in [-0.4, -0.2) is 20.8 Å². The van der Waals surface area contributed by atoms with Gasteiger partial charge in [0.15, 0.2) is 5.78 Å². The lowest BCUT2D eigenvalue weighted by molar-refractivity contribution is -0.118. The number of aromatic nitrogens is 2. The van der Waals surface area contributed by atoms with E-state index in [0.717, 1.165) is 20.5 Å². The second-order valence-electron chi connectivity index (χ2n) is 4.49. The van der Waals surface area contributed by atoms with E-state index in [1.54, 1.807) is 6.92 Å². The van der Waals surface area contributed by atoms with E-state index in [1.165, 1.54) is 14.0 Å². The molecule has 0 spiro atoms. The zero-order valence-electron chi connectivity index (χ0n) is 11.2. The van der Waals surface area contributed by atoms with Gasteiger partial charge < -0.3 is 5.73 Å². The molecule has 0 atom stereocenters. The van der Waals surface area contributed by atoms with E-state index in [2.05, 4.69) is 0 Å². The normalized spacial score (nSPS) is 10.9. The second kappa shape index (κ2) is 4.71. The first-order chi connectivity index (χ1) is 9.25. The SMILES string of the molecule is CC(=O)c1sc2c(c1C)c(=O)n(C)c(=O)n2CC(N)=O. The third kappa shape index (κ3) is 1.97. The van der Waals surface area contributed by atoms with Crippen molar-refractivity contribution < 1.29 is 9.59 Å². The van der Waals surface area contributed by atoms with Crippen LogP contribution in [0.5, 0.6) is 0 Å². The molecule has 2 rings (SSSR count). The molecule has 0 bridgehead atoms. The fourth-order valence-electron chi connectivity index (χ4n) is 2.09. The van der Waals surface area contributed by atoms with Crippen LogP contribution in [0.25, 0.3) is 10.2 Å². The quantitative estimate of drug-likeness (QED) is 0.789. The second-order valence-corrected chi connectivity index (χ2v) is 5.49. The summed E-state index contributed by atoms with van der Waals surface area (Å²) in [6.07, 6.45) is 0. The van der Waals surface area contributed by atoms with Gasteiger partial charge in [0.2, 0.25) is 5.91 Å². The highest BCUT2D eigenvalue weighted by Gasteiger charge is 2.20. The summed E-state index contributed by atoms with van der Waals surface area (Å²) in [5.41, 5.74) is 4.55. The molecule has 0 saturated heterocycles. The summed E-state index contributed by atoms with van der Waals surface area (Å²) in [6, 6.07) is 0. The summed E-state index contributed by atoms with van der Waals surface area (Å²) >= 11 is 1.03. The van der Waals surface area contributed by atoms with Gasteiger partial charge in [0.25, 0.3) is 5.56 Å². The maximum absolute atomic E-state index is 12.2. The van der Waals surface area contributed by atoms with Crippen LogP contribution in [0.4, 0.5) is 0 Å². The number of aryl methyl sites for hydroxylation is 1. The van der Waals surface area contributed by atoms with Crippen LogP contribution in [0.3, 0.4) is 0 Å². The minimum Gasteiger partial charge on any atom is -0.368 e. The molecule has 2 aromatic heterocycles. The topological polar surface area (TPSA) is 104 Å². The van der Waals surface area contributed by atoms with Crippen molar-refractivity contribution in [2.45, 2.75) is 20.4 Å². The predicted octanol–water partition coefficient (Wildman–Crippen LogP) is -0.242. The first kappa shape index (κ1) is 14.2. The predicted molar refractivity (Wildman–Crippen MR) is 75.3 cm³/mol. The number of amides is 1. The number of primary amides is 1. The van der Waals surface area contributed by atoms with E-state index in [0.29, 0.717) is 15.3 Å². The Morgan fingerprint density at radius 2 is 1.90 bits per heavy atom. The van der Waals surface area contributed by atoms with Crippen molar-refractivity contribution in [3.05, 3.63) is 31.3 Å². The van der Waals surface area contributed by atoms with Crippen LogP contribution in [0, 0.1) is 6.92 Å². The Kier molecular flexibility index (Phi) is 3.34. The van der Waals surface area contributed by atoms with Crippen LogP contribution in [0.2, 0.25) is 0 Å². The molecule has 2 aromatic rings. The lowest BCUT2D eigenvalue weighted by Crippen LogP contribution is -2.40. The van der Waals surface area contributed by atoms with Crippen molar-refractivity contribution in [1.82, 2.24) is 9.13 Å². The van der Waals surface area contributed by atoms with Gasteiger partial charge in [0.1, 0.15) is 11.4 Å². The van der Waals surface area contributed by atoms with Gasteiger partial charge in [0.05, 0.1) is 10.3 Å². The highest BCUT2D eigenvalue weighted by Crippen LogP contribution is 2.27. The Morgan fingerprint density at radius 3 is 2.40 bits per heavy atom. The lowest BCUT2D eigenvalue weighted by Gasteiger charge is -2.07. The third-order valence-corrected chi connectivity index (χ3v) is 4.46. The zero-order chi connectivity index (χ0) is 15.2.